The van der Waals surface area contributed by atoms with Gasteiger partial charge in [-0.1, -0.05) is 11.8 Å². The van der Waals surface area contributed by atoms with E-state index in [-0.39, 0.29) is 11.5 Å². The molecule has 0 unspecified atom stereocenters. The average Bonchev–Trinajstić information content (AvgIpc) is 1.98. The fraction of sp³-hybridized carbons (Fsp3) is 0.857. The molecule has 0 heterocycles. The molecule has 5 heteroatoms. The quantitative estimate of drug-likeness (QED) is 0.634. The molecule has 0 fully saturated rings. The van der Waals surface area contributed by atoms with Crippen molar-refractivity contribution in [3.8, 4) is 0 Å². The summed E-state index contributed by atoms with van der Waals surface area (Å²) < 4.78 is 35.9. The van der Waals surface area contributed by atoms with Gasteiger partial charge in [-0.2, -0.15) is 0 Å². The normalized spacial score (nSPS) is 11.7. The Kier molecular flexibility index (Phi) is 5.37. The van der Waals surface area contributed by atoms with E-state index in [1.807, 2.05) is 0 Å². The lowest BCUT2D eigenvalue weighted by molar-refractivity contribution is -0.109. The van der Waals surface area contributed by atoms with Crippen LogP contribution in [0.3, 0.4) is 0 Å². The summed E-state index contributed by atoms with van der Waals surface area (Å²) in [5.41, 5.74) is 0. The van der Waals surface area contributed by atoms with Crippen LogP contribution in [0, 0.1) is 0 Å². The number of alkyl halides is 3. The van der Waals surface area contributed by atoms with E-state index in [0.29, 0.717) is 5.75 Å². The predicted octanol–water partition coefficient (Wildman–Crippen LogP) is 2.65. The monoisotopic (exact) mass is 200 g/mol. The van der Waals surface area contributed by atoms with Gasteiger partial charge >= 0.3 is 0 Å². The van der Waals surface area contributed by atoms with Gasteiger partial charge in [0, 0.05) is 19.1 Å². The highest BCUT2D eigenvalue weighted by atomic mass is 32.2. The highest BCUT2D eigenvalue weighted by Crippen LogP contribution is 2.21. The standard InChI is InChI=1S/C7H11F3OS/c1-6(11)12-4-2-3-7(9,10)5-8/h2-5H2,1H3. The van der Waals surface area contributed by atoms with Gasteiger partial charge in [-0.25, -0.2) is 13.2 Å². The molecule has 0 spiro atoms. The van der Waals surface area contributed by atoms with Gasteiger partial charge in [0.05, 0.1) is 0 Å². The van der Waals surface area contributed by atoms with Crippen molar-refractivity contribution < 1.29 is 18.0 Å². The maximum atomic E-state index is 12.2. The smallest absolute Gasteiger partial charge is 0.275 e. The second kappa shape index (κ2) is 5.45. The molecule has 0 aliphatic carbocycles. The van der Waals surface area contributed by atoms with E-state index >= 15 is 0 Å². The summed E-state index contributed by atoms with van der Waals surface area (Å²) >= 11 is 0.988. The van der Waals surface area contributed by atoms with Crippen LogP contribution in [0.25, 0.3) is 0 Å². The SMILES string of the molecule is CC(=O)SCCCC(F)(F)CF. The molecule has 0 aliphatic heterocycles. The summed E-state index contributed by atoms with van der Waals surface area (Å²) in [6.45, 7) is -0.240. The number of carbonyl (C=O) groups is 1. The van der Waals surface area contributed by atoms with Gasteiger partial charge in [0.15, 0.2) is 11.8 Å². The van der Waals surface area contributed by atoms with Crippen LogP contribution in [-0.4, -0.2) is 23.5 Å². The lowest BCUT2D eigenvalue weighted by atomic mass is 10.2. The van der Waals surface area contributed by atoms with Gasteiger partial charge in [0.2, 0.25) is 0 Å². The lowest BCUT2D eigenvalue weighted by Gasteiger charge is -2.10. The minimum Gasteiger partial charge on any atom is -0.288 e. The zero-order valence-corrected chi connectivity index (χ0v) is 7.60. The molecule has 0 aliphatic rings. The topological polar surface area (TPSA) is 17.1 Å². The first-order chi connectivity index (χ1) is 5.48. The molecule has 0 N–H and O–H groups in total. The van der Waals surface area contributed by atoms with E-state index in [9.17, 15) is 18.0 Å². The minimum absolute atomic E-state index is 0.0986. The number of carbonyl (C=O) groups excluding carboxylic acids is 1. The molecule has 12 heavy (non-hydrogen) atoms. The van der Waals surface area contributed by atoms with Crippen LogP contribution in [-0.2, 0) is 4.79 Å². The largest absolute Gasteiger partial charge is 0.288 e. The highest BCUT2D eigenvalue weighted by Gasteiger charge is 2.27. The maximum Gasteiger partial charge on any atom is 0.275 e. The first kappa shape index (κ1) is 11.8. The van der Waals surface area contributed by atoms with E-state index in [1.165, 1.54) is 6.92 Å². The maximum absolute atomic E-state index is 12.2. The molecule has 0 saturated heterocycles. The number of rotatable bonds is 5. The Bertz CT molecular complexity index is 150. The van der Waals surface area contributed by atoms with Crippen molar-refractivity contribution in [2.45, 2.75) is 25.7 Å². The van der Waals surface area contributed by atoms with Crippen molar-refractivity contribution in [1.82, 2.24) is 0 Å². The molecule has 0 atom stereocenters. The van der Waals surface area contributed by atoms with Crippen molar-refractivity contribution in [3.63, 3.8) is 0 Å². The zero-order chi connectivity index (χ0) is 9.61. The van der Waals surface area contributed by atoms with E-state index in [2.05, 4.69) is 0 Å². The van der Waals surface area contributed by atoms with Gasteiger partial charge in [0.25, 0.3) is 5.92 Å². The van der Waals surface area contributed by atoms with Crippen LogP contribution in [0.4, 0.5) is 13.2 Å². The van der Waals surface area contributed by atoms with E-state index < -0.39 is 19.0 Å². The molecule has 0 aromatic carbocycles. The second-order valence-corrected chi connectivity index (χ2v) is 3.71. The fourth-order valence-corrected chi connectivity index (χ4v) is 1.19. The predicted molar refractivity (Wildman–Crippen MR) is 43.3 cm³/mol. The van der Waals surface area contributed by atoms with Crippen LogP contribution >= 0.6 is 11.8 Å². The van der Waals surface area contributed by atoms with Crippen LogP contribution in [0.1, 0.15) is 19.8 Å². The van der Waals surface area contributed by atoms with Crippen molar-refractivity contribution in [3.05, 3.63) is 0 Å². The van der Waals surface area contributed by atoms with E-state index in [0.717, 1.165) is 11.8 Å². The first-order valence-electron chi connectivity index (χ1n) is 3.55. The third-order valence-corrected chi connectivity index (χ3v) is 2.09. The summed E-state index contributed by atoms with van der Waals surface area (Å²) in [7, 11) is 0. The van der Waals surface area contributed by atoms with Gasteiger partial charge in [0.1, 0.15) is 0 Å². The summed E-state index contributed by atoms with van der Waals surface area (Å²) in [5.74, 6) is -2.87. The molecule has 0 rings (SSSR count). The molecule has 0 bridgehead atoms. The highest BCUT2D eigenvalue weighted by molar-refractivity contribution is 8.13. The Balaban J connectivity index is 3.37. The lowest BCUT2D eigenvalue weighted by Crippen LogP contribution is -2.18. The Morgan fingerprint density at radius 1 is 1.50 bits per heavy atom. The number of hydrogen-bond acceptors (Lipinski definition) is 2. The van der Waals surface area contributed by atoms with Crippen molar-refractivity contribution >= 4 is 16.9 Å². The van der Waals surface area contributed by atoms with Crippen molar-refractivity contribution in [2.75, 3.05) is 12.4 Å². The van der Waals surface area contributed by atoms with Crippen molar-refractivity contribution in [1.29, 1.82) is 0 Å². The second-order valence-electron chi connectivity index (χ2n) is 2.43. The molecule has 0 amide bonds. The minimum atomic E-state index is -3.21. The molecule has 1 nitrogen and oxygen atoms in total. The Morgan fingerprint density at radius 2 is 2.08 bits per heavy atom. The Hall–Kier alpha value is -0.190. The molecule has 0 radical (unpaired) electrons. The average molecular weight is 200 g/mol. The summed E-state index contributed by atoms with van der Waals surface area (Å²) in [4.78, 5) is 10.3. The number of halogens is 3. The van der Waals surface area contributed by atoms with Crippen LogP contribution in [0.15, 0.2) is 0 Å². The zero-order valence-electron chi connectivity index (χ0n) is 6.78. The van der Waals surface area contributed by atoms with Crippen LogP contribution in [0.5, 0.6) is 0 Å². The summed E-state index contributed by atoms with van der Waals surface area (Å²) in [6, 6.07) is 0. The summed E-state index contributed by atoms with van der Waals surface area (Å²) in [5, 5.41) is -0.0986. The van der Waals surface area contributed by atoms with Crippen LogP contribution in [0.2, 0.25) is 0 Å². The third-order valence-electron chi connectivity index (χ3n) is 1.19. The van der Waals surface area contributed by atoms with Gasteiger partial charge in [-0.05, 0) is 6.42 Å². The molecular formula is C7H11F3OS. The first-order valence-corrected chi connectivity index (χ1v) is 4.53. The summed E-state index contributed by atoms with van der Waals surface area (Å²) in [6.07, 6.45) is -0.315. The van der Waals surface area contributed by atoms with Gasteiger partial charge in [-0.3, -0.25) is 4.79 Å². The molecular weight excluding hydrogens is 189 g/mol. The third kappa shape index (κ3) is 6.52. The Morgan fingerprint density at radius 3 is 2.50 bits per heavy atom. The van der Waals surface area contributed by atoms with Gasteiger partial charge in [-0.15, -0.1) is 0 Å². The number of thioether (sulfide) groups is 1. The molecule has 72 valence electrons. The van der Waals surface area contributed by atoms with Crippen molar-refractivity contribution in [2.24, 2.45) is 0 Å². The fourth-order valence-electron chi connectivity index (χ4n) is 0.614. The molecule has 0 saturated carbocycles. The van der Waals surface area contributed by atoms with Crippen LogP contribution < -0.4 is 0 Å². The molecule has 0 aromatic heterocycles. The Labute approximate surface area is 73.7 Å². The van der Waals surface area contributed by atoms with E-state index in [4.69, 9.17) is 0 Å². The number of hydrogen-bond donors (Lipinski definition) is 0. The van der Waals surface area contributed by atoms with E-state index in [1.54, 1.807) is 0 Å². The molecule has 0 aromatic rings. The van der Waals surface area contributed by atoms with Gasteiger partial charge < -0.3 is 0 Å².